The zero-order chi connectivity index (χ0) is 21.6. The van der Waals surface area contributed by atoms with Crippen LogP contribution in [0.5, 0.6) is 5.75 Å². The van der Waals surface area contributed by atoms with Crippen molar-refractivity contribution >= 4 is 23.5 Å². The van der Waals surface area contributed by atoms with Gasteiger partial charge in [0.05, 0.1) is 13.2 Å². The van der Waals surface area contributed by atoms with Crippen molar-refractivity contribution in [2.45, 2.75) is 45.4 Å². The molecule has 1 aromatic rings. The minimum Gasteiger partial charge on any atom is -0.505 e. The summed E-state index contributed by atoms with van der Waals surface area (Å²) in [5, 5.41) is 22.9. The van der Waals surface area contributed by atoms with Gasteiger partial charge < -0.3 is 30.6 Å². The van der Waals surface area contributed by atoms with Crippen LogP contribution in [0.3, 0.4) is 0 Å². The molecule has 3 atom stereocenters. The predicted molar refractivity (Wildman–Crippen MR) is 103 cm³/mol. The Morgan fingerprint density at radius 1 is 1.38 bits per heavy atom. The molecule has 4 N–H and O–H groups in total. The molecule has 2 heterocycles. The summed E-state index contributed by atoms with van der Waals surface area (Å²) in [5.74, 6) is -2.14. The van der Waals surface area contributed by atoms with Crippen LogP contribution in [0.15, 0.2) is 18.3 Å². The highest BCUT2D eigenvalue weighted by molar-refractivity contribution is 5.98. The summed E-state index contributed by atoms with van der Waals surface area (Å²) in [6, 6.07) is 0.998. The van der Waals surface area contributed by atoms with Crippen molar-refractivity contribution in [2.75, 3.05) is 13.2 Å². The van der Waals surface area contributed by atoms with Crippen molar-refractivity contribution in [3.63, 3.8) is 0 Å². The van der Waals surface area contributed by atoms with Gasteiger partial charge in [-0.1, -0.05) is 6.92 Å². The maximum Gasteiger partial charge on any atom is 0.329 e. The molecular formula is C19H26N4O6. The van der Waals surface area contributed by atoms with Gasteiger partial charge in [-0.2, -0.15) is 0 Å². The number of carbonyl (C=O) groups is 3. The first-order valence-corrected chi connectivity index (χ1v) is 9.32. The van der Waals surface area contributed by atoms with E-state index >= 15 is 0 Å². The Labute approximate surface area is 168 Å². The number of rotatable bonds is 9. The molecule has 158 valence electrons. The average Bonchev–Trinajstić information content (AvgIpc) is 2.63. The fraction of sp³-hybridized carbons (Fsp3) is 0.526. The molecule has 1 aliphatic rings. The van der Waals surface area contributed by atoms with Gasteiger partial charge in [0, 0.05) is 24.2 Å². The highest BCUT2D eigenvalue weighted by Gasteiger charge is 2.37. The third-order valence-electron chi connectivity index (χ3n) is 4.55. The van der Waals surface area contributed by atoms with Gasteiger partial charge in [-0.05, 0) is 26.0 Å². The maximum atomic E-state index is 12.6. The van der Waals surface area contributed by atoms with Crippen LogP contribution in [0.25, 0.3) is 0 Å². The predicted octanol–water partition coefficient (Wildman–Crippen LogP) is 0.398. The Hall–Kier alpha value is -3.01. The van der Waals surface area contributed by atoms with Crippen molar-refractivity contribution < 1.29 is 29.0 Å². The van der Waals surface area contributed by atoms with E-state index in [1.165, 1.54) is 32.2 Å². The Balaban J connectivity index is 2.07. The number of hydrogen-bond donors (Lipinski definition) is 4. The second-order valence-electron chi connectivity index (χ2n) is 6.84. The molecule has 1 aromatic heterocycles. The minimum absolute atomic E-state index is 0.0511. The summed E-state index contributed by atoms with van der Waals surface area (Å²) in [6.45, 7) is 5.34. The van der Waals surface area contributed by atoms with E-state index in [2.05, 4.69) is 15.6 Å². The van der Waals surface area contributed by atoms with Gasteiger partial charge in [0.15, 0.2) is 5.69 Å². The largest absolute Gasteiger partial charge is 0.505 e. The molecule has 0 aliphatic carbocycles. The smallest absolute Gasteiger partial charge is 0.329 e. The van der Waals surface area contributed by atoms with Crippen molar-refractivity contribution in [2.24, 2.45) is 5.92 Å². The molecule has 0 spiro atoms. The summed E-state index contributed by atoms with van der Waals surface area (Å²) in [6.07, 6.45) is 0.682. The lowest BCUT2D eigenvalue weighted by atomic mass is 9.97. The van der Waals surface area contributed by atoms with E-state index in [0.29, 0.717) is 13.2 Å². The maximum absolute atomic E-state index is 12.6. The number of nitrogens with one attached hydrogen (secondary N) is 3. The van der Waals surface area contributed by atoms with E-state index < -0.39 is 30.1 Å². The Bertz CT molecular complexity index is 780. The van der Waals surface area contributed by atoms with Crippen LogP contribution in [-0.2, 0) is 19.1 Å². The molecule has 10 heteroatoms. The highest BCUT2D eigenvalue weighted by Crippen LogP contribution is 2.18. The molecule has 29 heavy (non-hydrogen) atoms. The lowest BCUT2D eigenvalue weighted by Crippen LogP contribution is -2.55. The molecule has 1 saturated heterocycles. The van der Waals surface area contributed by atoms with Gasteiger partial charge in [-0.25, -0.2) is 9.78 Å². The SMILES string of the molecule is CCC(=O)NC(C(=O)OC(C)C(NC(=O)c1ncccc1O)C(C)=N)C1COC1. The lowest BCUT2D eigenvalue weighted by Gasteiger charge is -2.34. The van der Waals surface area contributed by atoms with Crippen LogP contribution >= 0.6 is 0 Å². The summed E-state index contributed by atoms with van der Waals surface area (Å²) in [5.41, 5.74) is -0.146. The fourth-order valence-corrected chi connectivity index (χ4v) is 2.77. The number of carbonyl (C=O) groups excluding carboxylic acids is 3. The number of esters is 1. The summed E-state index contributed by atoms with van der Waals surface area (Å²) in [7, 11) is 0. The number of aromatic nitrogens is 1. The Morgan fingerprint density at radius 2 is 2.07 bits per heavy atom. The normalized spacial score (nSPS) is 16.7. The first-order chi connectivity index (χ1) is 13.7. The van der Waals surface area contributed by atoms with Gasteiger partial charge in [0.2, 0.25) is 5.91 Å². The number of amides is 2. The first kappa shape index (κ1) is 22.3. The van der Waals surface area contributed by atoms with Gasteiger partial charge in [-0.15, -0.1) is 0 Å². The number of hydrogen-bond acceptors (Lipinski definition) is 8. The quantitative estimate of drug-likeness (QED) is 0.342. The third-order valence-corrected chi connectivity index (χ3v) is 4.55. The molecule has 2 rings (SSSR count). The van der Waals surface area contributed by atoms with Crippen LogP contribution in [0, 0.1) is 11.3 Å². The van der Waals surface area contributed by atoms with E-state index in [-0.39, 0.29) is 35.4 Å². The van der Waals surface area contributed by atoms with Crippen LogP contribution in [0.4, 0.5) is 0 Å². The Kier molecular flexibility index (Phi) is 7.66. The average molecular weight is 406 g/mol. The van der Waals surface area contributed by atoms with Crippen LogP contribution < -0.4 is 10.6 Å². The second-order valence-corrected chi connectivity index (χ2v) is 6.84. The van der Waals surface area contributed by atoms with E-state index in [4.69, 9.17) is 14.9 Å². The number of aromatic hydroxyl groups is 1. The van der Waals surface area contributed by atoms with Crippen LogP contribution in [0.2, 0.25) is 0 Å². The molecule has 10 nitrogen and oxygen atoms in total. The number of pyridine rings is 1. The van der Waals surface area contributed by atoms with E-state index in [1.54, 1.807) is 6.92 Å². The standard InChI is InChI=1S/C19H26N4O6/c1-4-14(25)22-16(12-8-28-9-12)19(27)29-11(3)15(10(2)20)23-18(26)17-13(24)6-5-7-21-17/h5-7,11-12,15-16,20,24H,4,8-9H2,1-3H3,(H,22,25)(H,23,26). The Morgan fingerprint density at radius 3 is 2.59 bits per heavy atom. The molecule has 0 bridgehead atoms. The molecule has 3 unspecified atom stereocenters. The molecule has 0 aromatic carbocycles. The molecule has 0 radical (unpaired) electrons. The zero-order valence-electron chi connectivity index (χ0n) is 16.6. The van der Waals surface area contributed by atoms with Crippen molar-refractivity contribution in [1.82, 2.24) is 15.6 Å². The first-order valence-electron chi connectivity index (χ1n) is 9.32. The van der Waals surface area contributed by atoms with Crippen LogP contribution in [-0.4, -0.2) is 65.0 Å². The van der Waals surface area contributed by atoms with E-state index in [9.17, 15) is 19.5 Å². The second kappa shape index (κ2) is 9.97. The summed E-state index contributed by atoms with van der Waals surface area (Å²) in [4.78, 5) is 40.6. The van der Waals surface area contributed by atoms with Crippen molar-refractivity contribution in [3.8, 4) is 5.75 Å². The van der Waals surface area contributed by atoms with Crippen molar-refractivity contribution in [3.05, 3.63) is 24.0 Å². The third kappa shape index (κ3) is 5.74. The van der Waals surface area contributed by atoms with Gasteiger partial charge in [0.25, 0.3) is 5.91 Å². The van der Waals surface area contributed by atoms with E-state index in [1.807, 2.05) is 0 Å². The van der Waals surface area contributed by atoms with Gasteiger partial charge in [0.1, 0.15) is 23.9 Å². The van der Waals surface area contributed by atoms with Gasteiger partial charge >= 0.3 is 5.97 Å². The zero-order valence-corrected chi connectivity index (χ0v) is 16.6. The van der Waals surface area contributed by atoms with E-state index in [0.717, 1.165) is 0 Å². The number of ether oxygens (including phenoxy) is 2. The van der Waals surface area contributed by atoms with Crippen LogP contribution in [0.1, 0.15) is 37.7 Å². The van der Waals surface area contributed by atoms with Gasteiger partial charge in [-0.3, -0.25) is 9.59 Å². The molecular weight excluding hydrogens is 380 g/mol. The lowest BCUT2D eigenvalue weighted by molar-refractivity contribution is -0.160. The molecule has 1 fully saturated rings. The fourth-order valence-electron chi connectivity index (χ4n) is 2.77. The molecule has 0 saturated carbocycles. The topological polar surface area (TPSA) is 151 Å². The summed E-state index contributed by atoms with van der Waals surface area (Å²) >= 11 is 0. The highest BCUT2D eigenvalue weighted by atomic mass is 16.5. The monoisotopic (exact) mass is 406 g/mol. The summed E-state index contributed by atoms with van der Waals surface area (Å²) < 4.78 is 10.6. The molecule has 2 amide bonds. The van der Waals surface area contributed by atoms with Crippen molar-refractivity contribution in [1.29, 1.82) is 5.41 Å². The molecule has 1 aliphatic heterocycles. The minimum atomic E-state index is -0.937. The number of nitrogens with zero attached hydrogens (tertiary/aromatic N) is 1.